The highest BCUT2D eigenvalue weighted by molar-refractivity contribution is 5.80. The molecule has 0 radical (unpaired) electrons. The average Bonchev–Trinajstić information content (AvgIpc) is 2.99. The number of carbonyl (C=O) groups is 2. The Morgan fingerprint density at radius 1 is 1.10 bits per heavy atom. The Balaban J connectivity index is 1.19. The van der Waals surface area contributed by atoms with E-state index in [1.54, 1.807) is 0 Å². The molecule has 5 rings (SSSR count). The summed E-state index contributed by atoms with van der Waals surface area (Å²) in [7, 11) is 0. The number of hydrogen-bond acceptors (Lipinski definition) is 9. The molecule has 1 fully saturated rings. The highest BCUT2D eigenvalue weighted by Crippen LogP contribution is 2.33. The molecule has 0 spiro atoms. The number of aliphatic carboxylic acids is 1. The van der Waals surface area contributed by atoms with Gasteiger partial charge in [-0.15, -0.1) is 0 Å². The van der Waals surface area contributed by atoms with Crippen molar-refractivity contribution in [1.82, 2.24) is 20.3 Å². The van der Waals surface area contributed by atoms with E-state index in [1.165, 1.54) is 5.56 Å². The summed E-state index contributed by atoms with van der Waals surface area (Å²) in [5.74, 6) is 2.21. The third-order valence-electron chi connectivity index (χ3n) is 7.64. The van der Waals surface area contributed by atoms with Gasteiger partial charge in [0.1, 0.15) is 35.9 Å². The number of nitrogens with one attached hydrogen (secondary N) is 3. The maximum Gasteiger partial charge on any atom is 0.408 e. The monoisotopic (exact) mass is 559 g/mol. The van der Waals surface area contributed by atoms with Crippen LogP contribution in [0.15, 0.2) is 42.5 Å². The van der Waals surface area contributed by atoms with Gasteiger partial charge < -0.3 is 30.7 Å². The average molecular weight is 560 g/mol. The Hall–Kier alpha value is -4.41. The first kappa shape index (κ1) is 28.1. The lowest BCUT2D eigenvalue weighted by Gasteiger charge is -2.34. The van der Waals surface area contributed by atoms with E-state index >= 15 is 0 Å². The van der Waals surface area contributed by atoms with Gasteiger partial charge in [0.25, 0.3) is 0 Å². The molecule has 11 heteroatoms. The van der Waals surface area contributed by atoms with Gasteiger partial charge in [-0.1, -0.05) is 36.4 Å². The SMILES string of the molecule is Cc1nc(NC[C@H](NC(=O)OCc2ccccc2)C(=O)O)c(C)c(N2CCC(c3ccc4c(n3)NCCC4)CC2)n1. The predicted molar refractivity (Wildman–Crippen MR) is 156 cm³/mol. The van der Waals surface area contributed by atoms with Crippen LogP contribution in [0.4, 0.5) is 22.2 Å². The fourth-order valence-electron chi connectivity index (χ4n) is 5.36. The maximum atomic E-state index is 12.3. The zero-order valence-corrected chi connectivity index (χ0v) is 23.5. The number of aromatic nitrogens is 3. The number of carbonyl (C=O) groups excluding carboxylic acids is 1. The van der Waals surface area contributed by atoms with Crippen LogP contribution in [-0.2, 0) is 22.6 Å². The van der Waals surface area contributed by atoms with Gasteiger partial charge in [-0.2, -0.15) is 0 Å². The summed E-state index contributed by atoms with van der Waals surface area (Å²) < 4.78 is 5.19. The largest absolute Gasteiger partial charge is 0.480 e. The number of amides is 1. The summed E-state index contributed by atoms with van der Waals surface area (Å²) in [6.45, 7) is 6.38. The lowest BCUT2D eigenvalue weighted by Crippen LogP contribution is -2.45. The molecule has 1 aromatic carbocycles. The Bertz CT molecular complexity index is 1380. The molecular weight excluding hydrogens is 522 g/mol. The zero-order valence-electron chi connectivity index (χ0n) is 23.5. The number of aryl methyl sites for hydroxylation is 2. The van der Waals surface area contributed by atoms with Crippen molar-refractivity contribution in [1.29, 1.82) is 0 Å². The van der Waals surface area contributed by atoms with Crippen LogP contribution in [0.25, 0.3) is 0 Å². The number of benzene rings is 1. The number of rotatable bonds is 9. The second-order valence-corrected chi connectivity index (χ2v) is 10.6. The van der Waals surface area contributed by atoms with E-state index in [0.29, 0.717) is 17.6 Å². The van der Waals surface area contributed by atoms with E-state index < -0.39 is 18.1 Å². The van der Waals surface area contributed by atoms with Gasteiger partial charge in [-0.25, -0.2) is 24.5 Å². The fourth-order valence-corrected chi connectivity index (χ4v) is 5.36. The molecule has 0 bridgehead atoms. The van der Waals surface area contributed by atoms with Crippen molar-refractivity contribution >= 4 is 29.5 Å². The molecule has 0 saturated carbocycles. The molecule has 3 aromatic rings. The van der Waals surface area contributed by atoms with Crippen molar-refractivity contribution in [3.8, 4) is 0 Å². The predicted octanol–water partition coefficient (Wildman–Crippen LogP) is 4.02. The topological polar surface area (TPSA) is 142 Å². The van der Waals surface area contributed by atoms with Crippen LogP contribution in [0.1, 0.15) is 53.4 Å². The molecule has 1 amide bonds. The third-order valence-corrected chi connectivity index (χ3v) is 7.64. The molecule has 4 N–H and O–H groups in total. The molecule has 2 aliphatic rings. The van der Waals surface area contributed by atoms with Gasteiger partial charge in [0.15, 0.2) is 0 Å². The van der Waals surface area contributed by atoms with Crippen LogP contribution in [0.2, 0.25) is 0 Å². The third kappa shape index (κ3) is 7.03. The van der Waals surface area contributed by atoms with Crippen molar-refractivity contribution < 1.29 is 19.4 Å². The van der Waals surface area contributed by atoms with E-state index in [9.17, 15) is 14.7 Å². The van der Waals surface area contributed by atoms with Gasteiger partial charge in [-0.3, -0.25) is 0 Å². The Morgan fingerprint density at radius 3 is 2.63 bits per heavy atom. The van der Waals surface area contributed by atoms with Crippen LogP contribution in [-0.4, -0.2) is 64.3 Å². The highest BCUT2D eigenvalue weighted by atomic mass is 16.5. The van der Waals surface area contributed by atoms with Crippen molar-refractivity contribution in [2.75, 3.05) is 41.7 Å². The number of fused-ring (bicyclic) bond motifs is 1. The summed E-state index contributed by atoms with van der Waals surface area (Å²) in [4.78, 5) is 40.5. The second-order valence-electron chi connectivity index (χ2n) is 10.6. The van der Waals surface area contributed by atoms with Gasteiger partial charge in [0.05, 0.1) is 0 Å². The smallest absolute Gasteiger partial charge is 0.408 e. The summed E-state index contributed by atoms with van der Waals surface area (Å²) in [6.07, 6.45) is 3.36. The quantitative estimate of drug-likeness (QED) is 0.304. The number of ether oxygens (including phenoxy) is 1. The molecule has 0 unspecified atom stereocenters. The van der Waals surface area contributed by atoms with E-state index in [1.807, 2.05) is 44.2 Å². The second kappa shape index (κ2) is 12.8. The van der Waals surface area contributed by atoms with E-state index in [-0.39, 0.29) is 13.2 Å². The van der Waals surface area contributed by atoms with Crippen LogP contribution in [0.5, 0.6) is 0 Å². The molecule has 41 heavy (non-hydrogen) atoms. The Kier molecular flexibility index (Phi) is 8.81. The number of piperidine rings is 1. The summed E-state index contributed by atoms with van der Waals surface area (Å²) >= 11 is 0. The van der Waals surface area contributed by atoms with Crippen molar-refractivity contribution in [3.05, 3.63) is 70.7 Å². The van der Waals surface area contributed by atoms with Crippen LogP contribution in [0.3, 0.4) is 0 Å². The van der Waals surface area contributed by atoms with E-state index in [2.05, 4.69) is 38.0 Å². The Morgan fingerprint density at radius 2 is 1.88 bits per heavy atom. The molecule has 0 aliphatic carbocycles. The van der Waals surface area contributed by atoms with E-state index in [0.717, 1.165) is 73.8 Å². The van der Waals surface area contributed by atoms with Gasteiger partial charge in [0, 0.05) is 43.4 Å². The lowest BCUT2D eigenvalue weighted by atomic mass is 9.92. The zero-order chi connectivity index (χ0) is 28.8. The Labute approximate surface area is 239 Å². The van der Waals surface area contributed by atoms with Gasteiger partial charge in [-0.05, 0) is 56.7 Å². The molecule has 2 aromatic heterocycles. The van der Waals surface area contributed by atoms with Crippen LogP contribution < -0.4 is 20.9 Å². The fraction of sp³-hybridized carbons (Fsp3) is 0.433. The number of pyridine rings is 1. The minimum absolute atomic E-state index is 0.0517. The first-order valence-electron chi connectivity index (χ1n) is 14.1. The first-order valence-corrected chi connectivity index (χ1v) is 14.1. The van der Waals surface area contributed by atoms with E-state index in [4.69, 9.17) is 14.7 Å². The number of alkyl carbamates (subject to hydrolysis) is 1. The normalized spacial score (nSPS) is 15.8. The summed E-state index contributed by atoms with van der Waals surface area (Å²) in [5, 5.41) is 18.7. The van der Waals surface area contributed by atoms with Gasteiger partial charge in [0.2, 0.25) is 0 Å². The summed E-state index contributed by atoms with van der Waals surface area (Å²) in [5.41, 5.74) is 4.09. The molecule has 216 valence electrons. The number of anilines is 3. The first-order chi connectivity index (χ1) is 19.9. The molecule has 11 nitrogen and oxygen atoms in total. The van der Waals surface area contributed by atoms with Crippen molar-refractivity contribution in [2.45, 2.75) is 58.1 Å². The number of carboxylic acids is 1. The number of nitrogens with zero attached hydrogens (tertiary/aromatic N) is 4. The van der Waals surface area contributed by atoms with Crippen LogP contribution in [0, 0.1) is 13.8 Å². The molecular formula is C30H37N7O4. The van der Waals surface area contributed by atoms with Crippen LogP contribution >= 0.6 is 0 Å². The molecule has 1 saturated heterocycles. The van der Waals surface area contributed by atoms with Crippen molar-refractivity contribution in [3.63, 3.8) is 0 Å². The molecule has 2 aliphatic heterocycles. The lowest BCUT2D eigenvalue weighted by molar-refractivity contribution is -0.139. The summed E-state index contributed by atoms with van der Waals surface area (Å²) in [6, 6.07) is 12.4. The maximum absolute atomic E-state index is 12.3. The number of carboxylic acid groups (broad SMARTS) is 1. The van der Waals surface area contributed by atoms with Gasteiger partial charge >= 0.3 is 12.1 Å². The molecule has 1 atom stereocenters. The minimum atomic E-state index is -1.20. The molecule has 4 heterocycles. The van der Waals surface area contributed by atoms with Crippen molar-refractivity contribution in [2.24, 2.45) is 0 Å². The highest BCUT2D eigenvalue weighted by Gasteiger charge is 2.26. The number of hydrogen-bond donors (Lipinski definition) is 4. The standard InChI is InChI=1S/C30H37N7O4/c1-19-26(32-17-25(29(38)39)36-30(40)41-18-21-7-4-3-5-8-21)33-20(2)34-28(19)37-15-12-22(13-16-37)24-11-10-23-9-6-14-31-27(23)35-24/h3-5,7-8,10-11,22,25H,6,9,12-18H2,1-2H3,(H,31,35)(H,36,40)(H,38,39)(H,32,33,34)/t25-/m0/s1. The minimum Gasteiger partial charge on any atom is -0.480 e.